The van der Waals surface area contributed by atoms with Crippen LogP contribution < -0.4 is 10.2 Å². The monoisotopic (exact) mass is 348 g/mol. The van der Waals surface area contributed by atoms with Crippen molar-refractivity contribution in [1.82, 2.24) is 5.32 Å². The van der Waals surface area contributed by atoms with E-state index >= 15 is 0 Å². The Morgan fingerprint density at radius 1 is 1.42 bits per heavy atom. The van der Waals surface area contributed by atoms with Crippen LogP contribution in [0.25, 0.3) is 0 Å². The molecule has 1 aromatic carbocycles. The van der Waals surface area contributed by atoms with E-state index in [0.29, 0.717) is 24.6 Å². The zero-order valence-corrected chi connectivity index (χ0v) is 14.4. The number of halogens is 1. The van der Waals surface area contributed by atoms with Gasteiger partial charge in [-0.1, -0.05) is 31.2 Å². The second-order valence-corrected chi connectivity index (χ2v) is 7.42. The fourth-order valence-corrected chi connectivity index (χ4v) is 4.15. The maximum Gasteiger partial charge on any atom is 0.274 e. The topological polar surface area (TPSA) is 49.4 Å². The van der Waals surface area contributed by atoms with Crippen molar-refractivity contribution in [2.75, 3.05) is 23.7 Å². The van der Waals surface area contributed by atoms with E-state index in [1.165, 1.54) is 9.81 Å². The molecule has 0 spiro atoms. The Labute approximate surface area is 145 Å². The Morgan fingerprint density at radius 3 is 2.83 bits per heavy atom. The van der Waals surface area contributed by atoms with E-state index in [1.807, 2.05) is 6.07 Å². The summed E-state index contributed by atoms with van der Waals surface area (Å²) in [4.78, 5) is 27.2. The molecule has 2 heterocycles. The molecule has 0 aromatic heterocycles. The minimum Gasteiger partial charge on any atom is -0.352 e. The normalized spacial score (nSPS) is 26.6. The van der Waals surface area contributed by atoms with Crippen molar-refractivity contribution in [3.8, 4) is 0 Å². The third kappa shape index (κ3) is 3.34. The molecule has 2 unspecified atom stereocenters. The van der Waals surface area contributed by atoms with Crippen molar-refractivity contribution in [1.29, 1.82) is 0 Å². The molecular weight excluding hydrogens is 327 g/mol. The lowest BCUT2D eigenvalue weighted by molar-refractivity contribution is -0.141. The number of carbonyl (C=O) groups excluding carboxylic acids is 2. The lowest BCUT2D eigenvalue weighted by Gasteiger charge is -2.20. The molecule has 0 radical (unpaired) electrons. The molecule has 4 nitrogen and oxygen atoms in total. The average molecular weight is 348 g/mol. The largest absolute Gasteiger partial charge is 0.352 e. The van der Waals surface area contributed by atoms with Gasteiger partial charge in [-0.15, -0.1) is 11.8 Å². The fraction of sp³-hybridized carbons (Fsp3) is 0.444. The van der Waals surface area contributed by atoms with Crippen LogP contribution in [0.3, 0.4) is 0 Å². The van der Waals surface area contributed by atoms with E-state index in [1.54, 1.807) is 36.0 Å². The molecule has 0 aliphatic carbocycles. The number of para-hydroxylation sites is 1. The summed E-state index contributed by atoms with van der Waals surface area (Å²) in [7, 11) is 0. The first-order valence-corrected chi connectivity index (χ1v) is 9.17. The highest BCUT2D eigenvalue weighted by Crippen LogP contribution is 2.32. The number of alkyl halides is 1. The quantitative estimate of drug-likeness (QED) is 0.833. The fourth-order valence-electron chi connectivity index (χ4n) is 3.00. The van der Waals surface area contributed by atoms with E-state index in [4.69, 9.17) is 0 Å². The van der Waals surface area contributed by atoms with Gasteiger partial charge >= 0.3 is 0 Å². The van der Waals surface area contributed by atoms with Crippen molar-refractivity contribution in [3.63, 3.8) is 0 Å². The van der Waals surface area contributed by atoms with Crippen LogP contribution in [0.1, 0.15) is 19.8 Å². The summed E-state index contributed by atoms with van der Waals surface area (Å²) in [6, 6.07) is 8.89. The summed E-state index contributed by atoms with van der Waals surface area (Å²) >= 11 is 1.77. The SMILES string of the molecule is CC1C=C(CCNC(=O)C2(F)CCN(c3ccccc3)C2=O)SC1. The number of nitrogens with zero attached hydrogens (tertiary/aromatic N) is 1. The van der Waals surface area contributed by atoms with E-state index in [9.17, 15) is 14.0 Å². The van der Waals surface area contributed by atoms with Gasteiger partial charge in [-0.05, 0) is 29.4 Å². The van der Waals surface area contributed by atoms with E-state index < -0.39 is 17.5 Å². The highest BCUT2D eigenvalue weighted by Gasteiger charge is 2.53. The maximum atomic E-state index is 15.0. The second kappa shape index (κ2) is 6.97. The molecule has 1 aromatic rings. The minimum atomic E-state index is -2.46. The van der Waals surface area contributed by atoms with Gasteiger partial charge in [0.1, 0.15) is 0 Å². The van der Waals surface area contributed by atoms with Crippen molar-refractivity contribution in [2.24, 2.45) is 5.92 Å². The molecular formula is C18H21FN2O2S. The van der Waals surface area contributed by atoms with Crippen LogP contribution in [0.5, 0.6) is 0 Å². The number of hydrogen-bond acceptors (Lipinski definition) is 3. The molecule has 1 fully saturated rings. The Balaban J connectivity index is 1.58. The molecule has 2 aliphatic heterocycles. The van der Waals surface area contributed by atoms with Crippen LogP contribution in [-0.4, -0.2) is 36.3 Å². The Bertz CT molecular complexity index is 664. The number of hydrogen-bond donors (Lipinski definition) is 1. The minimum absolute atomic E-state index is 0.110. The smallest absolute Gasteiger partial charge is 0.274 e. The first kappa shape index (κ1) is 17.0. The van der Waals surface area contributed by atoms with Crippen molar-refractivity contribution < 1.29 is 14.0 Å². The van der Waals surface area contributed by atoms with Crippen LogP contribution in [0.4, 0.5) is 10.1 Å². The zero-order chi connectivity index (χ0) is 17.2. The number of benzene rings is 1. The Morgan fingerprint density at radius 2 is 2.17 bits per heavy atom. The lowest BCUT2D eigenvalue weighted by Crippen LogP contribution is -2.49. The van der Waals surface area contributed by atoms with Crippen LogP contribution in [0, 0.1) is 5.92 Å². The summed E-state index contributed by atoms with van der Waals surface area (Å²) in [6.07, 6.45) is 2.76. The van der Waals surface area contributed by atoms with Gasteiger partial charge in [-0.25, -0.2) is 4.39 Å². The molecule has 24 heavy (non-hydrogen) atoms. The molecule has 2 aliphatic rings. The summed E-state index contributed by atoms with van der Waals surface area (Å²) in [5.74, 6) is 0.0156. The number of nitrogens with one attached hydrogen (secondary N) is 1. The number of amides is 2. The predicted octanol–water partition coefficient (Wildman–Crippen LogP) is 2.90. The maximum absolute atomic E-state index is 15.0. The number of allylic oxidation sites excluding steroid dienone is 1. The first-order chi connectivity index (χ1) is 11.5. The zero-order valence-electron chi connectivity index (χ0n) is 13.6. The highest BCUT2D eigenvalue weighted by atomic mass is 32.2. The van der Waals surface area contributed by atoms with Crippen LogP contribution in [0.15, 0.2) is 41.3 Å². The van der Waals surface area contributed by atoms with Gasteiger partial charge in [0.15, 0.2) is 0 Å². The molecule has 128 valence electrons. The molecule has 1 N–H and O–H groups in total. The average Bonchev–Trinajstić information content (AvgIpc) is 3.13. The summed E-state index contributed by atoms with van der Waals surface area (Å²) in [5.41, 5.74) is -1.84. The number of carbonyl (C=O) groups is 2. The Hall–Kier alpha value is -1.82. The van der Waals surface area contributed by atoms with Crippen LogP contribution in [-0.2, 0) is 9.59 Å². The highest BCUT2D eigenvalue weighted by molar-refractivity contribution is 8.03. The predicted molar refractivity (Wildman–Crippen MR) is 94.6 cm³/mol. The van der Waals surface area contributed by atoms with Gasteiger partial charge in [0, 0.05) is 31.0 Å². The molecule has 2 atom stereocenters. The van der Waals surface area contributed by atoms with Crippen molar-refractivity contribution >= 4 is 29.3 Å². The molecule has 0 saturated carbocycles. The summed E-state index contributed by atoms with van der Waals surface area (Å²) in [6.45, 7) is 2.71. The first-order valence-electron chi connectivity index (χ1n) is 8.18. The van der Waals surface area contributed by atoms with Gasteiger partial charge < -0.3 is 10.2 Å². The van der Waals surface area contributed by atoms with Crippen molar-refractivity contribution in [2.45, 2.75) is 25.4 Å². The van der Waals surface area contributed by atoms with E-state index in [-0.39, 0.29) is 13.0 Å². The summed E-state index contributed by atoms with van der Waals surface area (Å²) < 4.78 is 15.0. The van der Waals surface area contributed by atoms with E-state index in [0.717, 1.165) is 5.75 Å². The molecule has 3 rings (SSSR count). The molecule has 6 heteroatoms. The third-order valence-corrected chi connectivity index (χ3v) is 5.75. The number of thioether (sulfide) groups is 1. The Kier molecular flexibility index (Phi) is 4.94. The molecule has 1 saturated heterocycles. The third-order valence-electron chi connectivity index (χ3n) is 4.35. The van der Waals surface area contributed by atoms with Gasteiger partial charge in [0.2, 0.25) is 0 Å². The van der Waals surface area contributed by atoms with E-state index in [2.05, 4.69) is 18.3 Å². The van der Waals surface area contributed by atoms with Gasteiger partial charge in [-0.2, -0.15) is 0 Å². The number of anilines is 1. The van der Waals surface area contributed by atoms with Crippen molar-refractivity contribution in [3.05, 3.63) is 41.3 Å². The summed E-state index contributed by atoms with van der Waals surface area (Å²) in [5, 5.41) is 2.59. The molecule has 0 bridgehead atoms. The standard InChI is InChI=1S/C18H21FN2O2S/c1-13-11-15(24-12-13)7-9-20-16(22)18(19)8-10-21(17(18)23)14-5-3-2-4-6-14/h2-6,11,13H,7-10,12H2,1H3,(H,20,22). The van der Waals surface area contributed by atoms with Gasteiger partial charge in [0.25, 0.3) is 17.5 Å². The second-order valence-electron chi connectivity index (χ2n) is 6.27. The number of rotatable bonds is 5. The van der Waals surface area contributed by atoms with Crippen LogP contribution >= 0.6 is 11.8 Å². The van der Waals surface area contributed by atoms with Gasteiger partial charge in [0.05, 0.1) is 0 Å². The van der Waals surface area contributed by atoms with Gasteiger partial charge in [-0.3, -0.25) is 9.59 Å². The lowest BCUT2D eigenvalue weighted by atomic mass is 10.0. The van der Waals surface area contributed by atoms with Crippen LogP contribution in [0.2, 0.25) is 0 Å². The molecule has 2 amide bonds.